The van der Waals surface area contributed by atoms with Gasteiger partial charge >= 0.3 is 0 Å². The Labute approximate surface area is 108 Å². The van der Waals surface area contributed by atoms with Crippen LogP contribution in [0.25, 0.3) is 0 Å². The number of benzene rings is 1. The van der Waals surface area contributed by atoms with Gasteiger partial charge in [-0.05, 0) is 31.0 Å². The van der Waals surface area contributed by atoms with Crippen molar-refractivity contribution in [3.8, 4) is 5.75 Å². The summed E-state index contributed by atoms with van der Waals surface area (Å²) in [5.41, 5.74) is 0.445. The smallest absolute Gasteiger partial charge is 0.166 e. The van der Waals surface area contributed by atoms with Crippen LogP contribution < -0.4 is 4.74 Å². The van der Waals surface area contributed by atoms with Crippen molar-refractivity contribution in [3.63, 3.8) is 0 Å². The van der Waals surface area contributed by atoms with Crippen molar-refractivity contribution in [2.24, 2.45) is 5.92 Å². The van der Waals surface area contributed by atoms with Crippen LogP contribution in [0.15, 0.2) is 18.2 Å². The molecule has 0 amide bonds. The van der Waals surface area contributed by atoms with E-state index in [0.29, 0.717) is 5.56 Å². The fraction of sp³-hybridized carbons (Fsp3) is 0.533. The molecule has 0 unspecified atom stereocenters. The van der Waals surface area contributed by atoms with Gasteiger partial charge in [0.2, 0.25) is 0 Å². The van der Waals surface area contributed by atoms with Crippen molar-refractivity contribution in [3.05, 3.63) is 29.6 Å². The highest BCUT2D eigenvalue weighted by molar-refractivity contribution is 5.97. The van der Waals surface area contributed by atoms with E-state index in [-0.39, 0.29) is 17.5 Å². The van der Waals surface area contributed by atoms with Crippen LogP contribution in [-0.4, -0.2) is 12.9 Å². The number of ketones is 1. The van der Waals surface area contributed by atoms with Gasteiger partial charge in [0.15, 0.2) is 17.3 Å². The summed E-state index contributed by atoms with van der Waals surface area (Å²) in [6.07, 6.45) is 3.66. The molecule has 1 aromatic carbocycles. The van der Waals surface area contributed by atoms with Gasteiger partial charge in [0, 0.05) is 11.5 Å². The van der Waals surface area contributed by atoms with Gasteiger partial charge in [-0.25, -0.2) is 4.39 Å². The summed E-state index contributed by atoms with van der Waals surface area (Å²) in [6.45, 7) is 4.12. The molecule has 0 heterocycles. The van der Waals surface area contributed by atoms with Crippen LogP contribution in [0.1, 0.15) is 49.9 Å². The van der Waals surface area contributed by atoms with E-state index in [9.17, 15) is 9.18 Å². The second kappa shape index (κ2) is 7.14. The molecule has 0 atom stereocenters. The topological polar surface area (TPSA) is 26.3 Å². The number of carbonyl (C=O) groups excluding carboxylic acids is 1. The maximum atomic E-state index is 13.6. The summed E-state index contributed by atoms with van der Waals surface area (Å²) in [5.74, 6) is -0.253. The largest absolute Gasteiger partial charge is 0.494 e. The maximum absolute atomic E-state index is 13.6. The van der Waals surface area contributed by atoms with Crippen LogP contribution in [0.2, 0.25) is 0 Å². The van der Waals surface area contributed by atoms with Gasteiger partial charge in [0.05, 0.1) is 7.11 Å². The highest BCUT2D eigenvalue weighted by Gasteiger charge is 2.19. The predicted octanol–water partition coefficient (Wildman–Crippen LogP) is 4.23. The summed E-state index contributed by atoms with van der Waals surface area (Å²) in [5, 5.41) is 0. The Morgan fingerprint density at radius 3 is 2.33 bits per heavy atom. The third-order valence-electron chi connectivity index (χ3n) is 3.08. The lowest BCUT2D eigenvalue weighted by Gasteiger charge is -2.14. The average Bonchev–Trinajstić information content (AvgIpc) is 2.37. The molecule has 100 valence electrons. The van der Waals surface area contributed by atoms with Crippen LogP contribution in [0.5, 0.6) is 5.75 Å². The first-order valence-corrected chi connectivity index (χ1v) is 6.51. The van der Waals surface area contributed by atoms with Crippen molar-refractivity contribution < 1.29 is 13.9 Å². The Kier molecular flexibility index (Phi) is 5.83. The first-order valence-electron chi connectivity index (χ1n) is 6.51. The van der Waals surface area contributed by atoms with Crippen molar-refractivity contribution in [1.29, 1.82) is 0 Å². The third-order valence-corrected chi connectivity index (χ3v) is 3.08. The second-order valence-corrected chi connectivity index (χ2v) is 4.49. The molecule has 0 N–H and O–H groups in total. The van der Waals surface area contributed by atoms with E-state index in [1.54, 1.807) is 6.07 Å². The number of rotatable bonds is 7. The fourth-order valence-corrected chi connectivity index (χ4v) is 2.16. The third kappa shape index (κ3) is 3.56. The molecular formula is C15H21FO2. The zero-order valence-electron chi connectivity index (χ0n) is 11.3. The minimum absolute atomic E-state index is 0.00722. The first-order chi connectivity index (χ1) is 8.63. The zero-order valence-corrected chi connectivity index (χ0v) is 11.3. The minimum Gasteiger partial charge on any atom is -0.494 e. The van der Waals surface area contributed by atoms with E-state index in [0.717, 1.165) is 25.7 Å². The van der Waals surface area contributed by atoms with E-state index in [2.05, 4.69) is 13.8 Å². The lowest BCUT2D eigenvalue weighted by Crippen LogP contribution is -2.15. The van der Waals surface area contributed by atoms with Crippen molar-refractivity contribution >= 4 is 5.78 Å². The Morgan fingerprint density at radius 2 is 1.89 bits per heavy atom. The molecular weight excluding hydrogens is 231 g/mol. The molecule has 0 fully saturated rings. The monoisotopic (exact) mass is 252 g/mol. The number of halogens is 1. The molecule has 0 aliphatic carbocycles. The molecule has 1 aromatic rings. The summed E-state index contributed by atoms with van der Waals surface area (Å²) < 4.78 is 18.4. The van der Waals surface area contributed by atoms with Crippen LogP contribution in [0, 0.1) is 11.7 Å². The molecule has 18 heavy (non-hydrogen) atoms. The summed E-state index contributed by atoms with van der Waals surface area (Å²) in [4.78, 5) is 12.3. The lowest BCUT2D eigenvalue weighted by atomic mass is 9.90. The predicted molar refractivity (Wildman–Crippen MR) is 70.6 cm³/mol. The van der Waals surface area contributed by atoms with E-state index < -0.39 is 5.82 Å². The normalized spacial score (nSPS) is 10.7. The van der Waals surface area contributed by atoms with E-state index in [1.165, 1.54) is 19.2 Å². The Bertz CT molecular complexity index is 395. The van der Waals surface area contributed by atoms with Crippen LogP contribution in [0.3, 0.4) is 0 Å². The minimum atomic E-state index is -0.477. The van der Waals surface area contributed by atoms with E-state index in [4.69, 9.17) is 4.74 Å². The zero-order chi connectivity index (χ0) is 13.5. The van der Waals surface area contributed by atoms with Gasteiger partial charge in [-0.15, -0.1) is 0 Å². The Morgan fingerprint density at radius 1 is 1.28 bits per heavy atom. The summed E-state index contributed by atoms with van der Waals surface area (Å²) >= 11 is 0. The highest BCUT2D eigenvalue weighted by Crippen LogP contribution is 2.23. The lowest BCUT2D eigenvalue weighted by molar-refractivity contribution is 0.0904. The van der Waals surface area contributed by atoms with Gasteiger partial charge in [-0.2, -0.15) is 0 Å². The highest BCUT2D eigenvalue weighted by atomic mass is 19.1. The number of methoxy groups -OCH3 is 1. The number of hydrogen-bond donors (Lipinski definition) is 0. The molecule has 0 radical (unpaired) electrons. The fourth-order valence-electron chi connectivity index (χ4n) is 2.16. The van der Waals surface area contributed by atoms with Crippen LogP contribution in [-0.2, 0) is 0 Å². The number of hydrogen-bond acceptors (Lipinski definition) is 2. The average molecular weight is 252 g/mol. The molecule has 0 aliphatic rings. The molecule has 0 spiro atoms. The molecule has 0 aliphatic heterocycles. The molecule has 0 saturated heterocycles. The molecule has 0 bridgehead atoms. The standard InChI is InChI=1S/C15H21FO2/c1-4-6-11(7-5-2)15(17)12-8-9-14(18-3)13(16)10-12/h8-11H,4-7H2,1-3H3. The first kappa shape index (κ1) is 14.7. The molecule has 2 nitrogen and oxygen atoms in total. The van der Waals surface area contributed by atoms with Crippen LogP contribution in [0.4, 0.5) is 4.39 Å². The molecule has 1 rings (SSSR count). The number of Topliss-reactive ketones (excluding diaryl/α,β-unsaturated/α-hetero) is 1. The van der Waals surface area contributed by atoms with Crippen molar-refractivity contribution in [2.45, 2.75) is 39.5 Å². The quantitative estimate of drug-likeness (QED) is 0.679. The Hall–Kier alpha value is -1.38. The number of ether oxygens (including phenoxy) is 1. The number of carbonyl (C=O) groups is 1. The van der Waals surface area contributed by atoms with Gasteiger partial charge in [-0.3, -0.25) is 4.79 Å². The van der Waals surface area contributed by atoms with Crippen molar-refractivity contribution in [1.82, 2.24) is 0 Å². The van der Waals surface area contributed by atoms with Gasteiger partial charge in [0.25, 0.3) is 0 Å². The SMILES string of the molecule is CCCC(CCC)C(=O)c1ccc(OC)c(F)c1. The second-order valence-electron chi connectivity index (χ2n) is 4.49. The molecule has 3 heteroatoms. The maximum Gasteiger partial charge on any atom is 0.166 e. The van der Waals surface area contributed by atoms with Crippen LogP contribution >= 0.6 is 0 Å². The van der Waals surface area contributed by atoms with Crippen molar-refractivity contribution in [2.75, 3.05) is 7.11 Å². The molecule has 0 aromatic heterocycles. The Balaban J connectivity index is 2.90. The van der Waals surface area contributed by atoms with E-state index in [1.807, 2.05) is 0 Å². The van der Waals surface area contributed by atoms with E-state index >= 15 is 0 Å². The van der Waals surface area contributed by atoms with Gasteiger partial charge in [-0.1, -0.05) is 26.7 Å². The van der Waals surface area contributed by atoms with Gasteiger partial charge < -0.3 is 4.74 Å². The summed E-state index contributed by atoms with van der Waals surface area (Å²) in [7, 11) is 1.41. The summed E-state index contributed by atoms with van der Waals surface area (Å²) in [6, 6.07) is 4.43. The molecule has 0 saturated carbocycles. The van der Waals surface area contributed by atoms with Gasteiger partial charge in [0.1, 0.15) is 0 Å².